The molecule has 1 aliphatic heterocycles. The van der Waals surface area contributed by atoms with E-state index in [1.54, 1.807) is 20.8 Å². The molecule has 4 N–H and O–H groups in total. The molecular weight excluding hydrogens is 274 g/mol. The van der Waals surface area contributed by atoms with E-state index in [1.807, 2.05) is 0 Å². The number of ether oxygens (including phenoxy) is 1. The molecule has 0 aromatic rings. The number of nitrogens with one attached hydrogen (secondary N) is 2. The summed E-state index contributed by atoms with van der Waals surface area (Å²) in [6, 6.07) is -1.54. The van der Waals surface area contributed by atoms with Gasteiger partial charge in [0.25, 0.3) is 0 Å². The lowest BCUT2D eigenvalue weighted by Crippen LogP contribution is -2.50. The van der Waals surface area contributed by atoms with Crippen LogP contribution in [0.4, 0.5) is 0 Å². The van der Waals surface area contributed by atoms with E-state index in [4.69, 9.17) is 10.5 Å². The zero-order valence-electron chi connectivity index (χ0n) is 12.9. The Kier molecular flexibility index (Phi) is 6.14. The first-order valence-electron chi connectivity index (χ1n) is 7.24. The molecule has 7 heteroatoms. The Balaban J connectivity index is 2.74. The molecule has 0 bridgehead atoms. The number of hydrogen-bond acceptors (Lipinski definition) is 5. The number of hydrogen-bond donors (Lipinski definition) is 3. The van der Waals surface area contributed by atoms with Crippen molar-refractivity contribution in [2.75, 3.05) is 6.54 Å². The highest BCUT2D eigenvalue weighted by atomic mass is 16.6. The number of rotatable bonds is 1. The first-order valence-corrected chi connectivity index (χ1v) is 7.24. The predicted octanol–water partition coefficient (Wildman–Crippen LogP) is -0.170. The van der Waals surface area contributed by atoms with Crippen LogP contribution in [0.5, 0.6) is 0 Å². The summed E-state index contributed by atoms with van der Waals surface area (Å²) < 4.78 is 5.30. The van der Waals surface area contributed by atoms with Crippen LogP contribution < -0.4 is 16.4 Å². The molecule has 1 heterocycles. The van der Waals surface area contributed by atoms with Crippen molar-refractivity contribution in [3.05, 3.63) is 0 Å². The van der Waals surface area contributed by atoms with Crippen molar-refractivity contribution >= 4 is 17.8 Å². The Morgan fingerprint density at radius 1 is 1.29 bits per heavy atom. The number of carbonyl (C=O) groups excluding carboxylic acids is 3. The summed E-state index contributed by atoms with van der Waals surface area (Å²) >= 11 is 0. The standard InChI is InChI=1S/C14H25N3O4/c1-14(2,3)21-13(20)10-5-4-8-16-11(18)7-6-9(15)12(19)17-10/h9-10H,4-8,15H2,1-3H3,(H,16,18)(H,17,19). The minimum absolute atomic E-state index is 0.131. The molecule has 2 unspecified atom stereocenters. The van der Waals surface area contributed by atoms with Gasteiger partial charge in [-0.2, -0.15) is 0 Å². The van der Waals surface area contributed by atoms with Crippen molar-refractivity contribution in [1.82, 2.24) is 10.6 Å². The summed E-state index contributed by atoms with van der Waals surface area (Å²) in [7, 11) is 0. The van der Waals surface area contributed by atoms with Crippen LogP contribution in [0.15, 0.2) is 0 Å². The second-order valence-corrected chi connectivity index (χ2v) is 6.23. The Morgan fingerprint density at radius 3 is 2.57 bits per heavy atom. The number of nitrogens with two attached hydrogens (primary N) is 1. The van der Waals surface area contributed by atoms with Gasteiger partial charge >= 0.3 is 5.97 Å². The quantitative estimate of drug-likeness (QED) is 0.582. The van der Waals surface area contributed by atoms with Crippen molar-refractivity contribution in [3.63, 3.8) is 0 Å². The van der Waals surface area contributed by atoms with Gasteiger partial charge in [-0.1, -0.05) is 0 Å². The van der Waals surface area contributed by atoms with E-state index in [1.165, 1.54) is 0 Å². The molecule has 0 aromatic heterocycles. The lowest BCUT2D eigenvalue weighted by molar-refractivity contribution is -0.159. The maximum Gasteiger partial charge on any atom is 0.329 e. The molecule has 1 rings (SSSR count). The van der Waals surface area contributed by atoms with Crippen LogP contribution in [-0.2, 0) is 19.1 Å². The van der Waals surface area contributed by atoms with Gasteiger partial charge in [-0.25, -0.2) is 4.79 Å². The molecule has 1 saturated heterocycles. The topological polar surface area (TPSA) is 111 Å². The maximum absolute atomic E-state index is 12.1. The van der Waals surface area contributed by atoms with Crippen LogP contribution in [0.25, 0.3) is 0 Å². The summed E-state index contributed by atoms with van der Waals surface area (Å²) in [5, 5.41) is 5.36. The molecule has 0 aliphatic carbocycles. The summed E-state index contributed by atoms with van der Waals surface area (Å²) in [6.45, 7) is 5.76. The van der Waals surface area contributed by atoms with E-state index in [9.17, 15) is 14.4 Å². The first-order chi connectivity index (χ1) is 9.69. The fourth-order valence-corrected chi connectivity index (χ4v) is 1.94. The van der Waals surface area contributed by atoms with Crippen LogP contribution in [0.3, 0.4) is 0 Å². The number of carbonyl (C=O) groups is 3. The average molecular weight is 299 g/mol. The van der Waals surface area contributed by atoms with Gasteiger partial charge in [0.2, 0.25) is 11.8 Å². The predicted molar refractivity (Wildman–Crippen MR) is 77.2 cm³/mol. The monoisotopic (exact) mass is 299 g/mol. The van der Waals surface area contributed by atoms with Crippen LogP contribution in [-0.4, -0.2) is 42.0 Å². The summed E-state index contributed by atoms with van der Waals surface area (Å²) in [6.07, 6.45) is 1.42. The van der Waals surface area contributed by atoms with E-state index in [-0.39, 0.29) is 18.7 Å². The molecule has 0 saturated carbocycles. The van der Waals surface area contributed by atoms with Crippen LogP contribution in [0.1, 0.15) is 46.5 Å². The van der Waals surface area contributed by atoms with E-state index >= 15 is 0 Å². The average Bonchev–Trinajstić information content (AvgIpc) is 2.38. The minimum atomic E-state index is -0.807. The Bertz CT molecular complexity index is 404. The summed E-state index contributed by atoms with van der Waals surface area (Å²) in [5.41, 5.74) is 5.11. The number of esters is 1. The highest BCUT2D eigenvalue weighted by molar-refractivity contribution is 5.88. The molecule has 2 amide bonds. The highest BCUT2D eigenvalue weighted by Crippen LogP contribution is 2.11. The molecular formula is C14H25N3O4. The third-order valence-corrected chi connectivity index (χ3v) is 3.02. The van der Waals surface area contributed by atoms with Crippen LogP contribution >= 0.6 is 0 Å². The fraction of sp³-hybridized carbons (Fsp3) is 0.786. The normalized spacial score (nSPS) is 25.3. The summed E-state index contributed by atoms with van der Waals surface area (Å²) in [5.74, 6) is -1.04. The van der Waals surface area contributed by atoms with Gasteiger partial charge in [0, 0.05) is 13.0 Å². The lowest BCUT2D eigenvalue weighted by atomic mass is 10.1. The molecule has 0 radical (unpaired) electrons. The molecule has 2 atom stereocenters. The minimum Gasteiger partial charge on any atom is -0.458 e. The van der Waals surface area contributed by atoms with Crippen molar-refractivity contribution < 1.29 is 19.1 Å². The van der Waals surface area contributed by atoms with Gasteiger partial charge in [-0.15, -0.1) is 0 Å². The second kappa shape index (κ2) is 7.40. The number of amides is 2. The Hall–Kier alpha value is -1.63. The van der Waals surface area contributed by atoms with Gasteiger partial charge in [-0.3, -0.25) is 9.59 Å². The molecule has 1 fully saturated rings. The first kappa shape index (κ1) is 17.4. The lowest BCUT2D eigenvalue weighted by Gasteiger charge is -2.25. The van der Waals surface area contributed by atoms with Crippen molar-refractivity contribution in [2.24, 2.45) is 5.73 Å². The van der Waals surface area contributed by atoms with Gasteiger partial charge in [-0.05, 0) is 40.0 Å². The van der Waals surface area contributed by atoms with Crippen LogP contribution in [0.2, 0.25) is 0 Å². The summed E-state index contributed by atoms with van der Waals surface area (Å²) in [4.78, 5) is 35.5. The Labute approximate surface area is 125 Å². The molecule has 21 heavy (non-hydrogen) atoms. The Morgan fingerprint density at radius 2 is 1.95 bits per heavy atom. The third kappa shape index (κ3) is 6.57. The fourth-order valence-electron chi connectivity index (χ4n) is 1.94. The van der Waals surface area contributed by atoms with Crippen molar-refractivity contribution in [2.45, 2.75) is 64.1 Å². The molecule has 0 spiro atoms. The highest BCUT2D eigenvalue weighted by Gasteiger charge is 2.28. The SMILES string of the molecule is CC(C)(C)OC(=O)C1CCCNC(=O)CCC(N)C(=O)N1. The maximum atomic E-state index is 12.1. The zero-order valence-corrected chi connectivity index (χ0v) is 12.9. The van der Waals surface area contributed by atoms with Crippen LogP contribution in [0, 0.1) is 0 Å². The van der Waals surface area contributed by atoms with Crippen molar-refractivity contribution in [3.8, 4) is 0 Å². The van der Waals surface area contributed by atoms with Crippen molar-refractivity contribution in [1.29, 1.82) is 0 Å². The molecule has 1 aliphatic rings. The van der Waals surface area contributed by atoms with E-state index in [0.29, 0.717) is 19.4 Å². The van der Waals surface area contributed by atoms with E-state index in [2.05, 4.69) is 10.6 Å². The largest absolute Gasteiger partial charge is 0.458 e. The molecule has 7 nitrogen and oxygen atoms in total. The van der Waals surface area contributed by atoms with Gasteiger partial charge in [0.05, 0.1) is 6.04 Å². The second-order valence-electron chi connectivity index (χ2n) is 6.23. The molecule has 0 aromatic carbocycles. The smallest absolute Gasteiger partial charge is 0.329 e. The van der Waals surface area contributed by atoms with Gasteiger partial charge in [0.15, 0.2) is 0 Å². The van der Waals surface area contributed by atoms with Gasteiger partial charge < -0.3 is 21.1 Å². The van der Waals surface area contributed by atoms with Gasteiger partial charge in [0.1, 0.15) is 11.6 Å². The zero-order chi connectivity index (χ0) is 16.0. The third-order valence-electron chi connectivity index (χ3n) is 3.02. The van der Waals surface area contributed by atoms with E-state index < -0.39 is 29.6 Å². The molecule has 120 valence electrons. The van der Waals surface area contributed by atoms with E-state index in [0.717, 1.165) is 0 Å².